The standard InChI is InChI=1S/C21H20F3N3OS/c1-20(10-11-29-19(25)27-20)15-5-3-7-17(13-15)26-18(28)9-8-14-4-2-6-16(12-14)21(22,23)24/h2-9,12-13H,10-11H2,1H3,(H2,25,27)(H,26,28)/b9-8+. The molecule has 0 aromatic heterocycles. The van der Waals surface area contributed by atoms with E-state index in [1.165, 1.54) is 36.0 Å². The van der Waals surface area contributed by atoms with Crippen molar-refractivity contribution < 1.29 is 18.0 Å². The number of aliphatic imine (C=N–C) groups is 1. The Morgan fingerprint density at radius 2 is 2.00 bits per heavy atom. The van der Waals surface area contributed by atoms with Crippen LogP contribution in [0.3, 0.4) is 0 Å². The third-order valence-corrected chi connectivity index (χ3v) is 5.38. The highest BCUT2D eigenvalue weighted by Crippen LogP contribution is 2.36. The summed E-state index contributed by atoms with van der Waals surface area (Å²) in [5.41, 5.74) is 6.45. The third-order valence-electron chi connectivity index (χ3n) is 4.59. The molecule has 3 rings (SSSR count). The van der Waals surface area contributed by atoms with E-state index in [2.05, 4.69) is 10.3 Å². The summed E-state index contributed by atoms with van der Waals surface area (Å²) < 4.78 is 38.3. The fraction of sp³-hybridized carbons (Fsp3) is 0.238. The molecule has 8 heteroatoms. The van der Waals surface area contributed by atoms with Crippen molar-refractivity contribution in [2.24, 2.45) is 10.7 Å². The number of nitrogens with two attached hydrogens (primary N) is 1. The van der Waals surface area contributed by atoms with Crippen molar-refractivity contribution >= 4 is 34.6 Å². The molecule has 152 valence electrons. The van der Waals surface area contributed by atoms with Gasteiger partial charge in [0.1, 0.15) is 0 Å². The largest absolute Gasteiger partial charge is 0.416 e. The lowest BCUT2D eigenvalue weighted by Crippen LogP contribution is -2.28. The molecule has 0 radical (unpaired) electrons. The number of carbonyl (C=O) groups excluding carboxylic acids is 1. The third kappa shape index (κ3) is 5.41. The van der Waals surface area contributed by atoms with E-state index in [0.717, 1.165) is 29.9 Å². The Balaban J connectivity index is 1.72. The van der Waals surface area contributed by atoms with Crippen molar-refractivity contribution in [3.05, 3.63) is 71.3 Å². The van der Waals surface area contributed by atoms with Crippen LogP contribution in [0, 0.1) is 0 Å². The summed E-state index contributed by atoms with van der Waals surface area (Å²) in [6.45, 7) is 1.99. The van der Waals surface area contributed by atoms with Gasteiger partial charge in [0, 0.05) is 17.5 Å². The molecule has 1 heterocycles. The lowest BCUT2D eigenvalue weighted by atomic mass is 9.89. The number of carbonyl (C=O) groups is 1. The smallest absolute Gasteiger partial charge is 0.379 e. The van der Waals surface area contributed by atoms with Gasteiger partial charge in [0.25, 0.3) is 0 Å². The highest BCUT2D eigenvalue weighted by atomic mass is 32.2. The molecule has 0 bridgehead atoms. The van der Waals surface area contributed by atoms with Crippen molar-refractivity contribution in [2.45, 2.75) is 25.1 Å². The molecule has 0 fully saturated rings. The average molecular weight is 419 g/mol. The van der Waals surface area contributed by atoms with Crippen molar-refractivity contribution in [1.82, 2.24) is 0 Å². The molecule has 0 saturated carbocycles. The van der Waals surface area contributed by atoms with Gasteiger partial charge in [-0.05, 0) is 54.8 Å². The first kappa shape index (κ1) is 21.0. The van der Waals surface area contributed by atoms with Crippen molar-refractivity contribution in [1.29, 1.82) is 0 Å². The van der Waals surface area contributed by atoms with Crippen LogP contribution in [0.15, 0.2) is 59.6 Å². The summed E-state index contributed by atoms with van der Waals surface area (Å²) >= 11 is 1.52. The Kier molecular flexibility index (Phi) is 6.02. The van der Waals surface area contributed by atoms with Crippen molar-refractivity contribution in [2.75, 3.05) is 11.1 Å². The van der Waals surface area contributed by atoms with E-state index in [-0.39, 0.29) is 0 Å². The molecule has 1 amide bonds. The van der Waals surface area contributed by atoms with E-state index in [4.69, 9.17) is 5.73 Å². The van der Waals surface area contributed by atoms with Gasteiger partial charge in [0.15, 0.2) is 5.17 Å². The molecular formula is C21H20F3N3OS. The highest BCUT2D eigenvalue weighted by molar-refractivity contribution is 8.13. The fourth-order valence-electron chi connectivity index (χ4n) is 3.00. The molecule has 1 aliphatic heterocycles. The minimum absolute atomic E-state index is 0.292. The Morgan fingerprint density at radius 1 is 1.24 bits per heavy atom. The van der Waals surface area contributed by atoms with E-state index in [1.54, 1.807) is 6.07 Å². The van der Waals surface area contributed by atoms with Gasteiger partial charge in [-0.25, -0.2) is 0 Å². The maximum Gasteiger partial charge on any atom is 0.416 e. The van der Waals surface area contributed by atoms with Gasteiger partial charge in [-0.15, -0.1) is 0 Å². The van der Waals surface area contributed by atoms with Crippen LogP contribution < -0.4 is 11.1 Å². The van der Waals surface area contributed by atoms with Gasteiger partial charge in [-0.1, -0.05) is 36.0 Å². The monoisotopic (exact) mass is 419 g/mol. The van der Waals surface area contributed by atoms with Crippen LogP contribution in [-0.2, 0) is 16.5 Å². The predicted molar refractivity (Wildman–Crippen MR) is 112 cm³/mol. The molecule has 3 N–H and O–H groups in total. The summed E-state index contributed by atoms with van der Waals surface area (Å²) in [6, 6.07) is 12.1. The first-order valence-electron chi connectivity index (χ1n) is 8.91. The zero-order valence-corrected chi connectivity index (χ0v) is 16.5. The van der Waals surface area contributed by atoms with Crippen LogP contribution in [0.25, 0.3) is 6.08 Å². The number of hydrogen-bond donors (Lipinski definition) is 2. The van der Waals surface area contributed by atoms with Crippen LogP contribution in [0.2, 0.25) is 0 Å². The van der Waals surface area contributed by atoms with Crippen LogP contribution in [0.4, 0.5) is 18.9 Å². The van der Waals surface area contributed by atoms with Gasteiger partial charge in [0.2, 0.25) is 5.91 Å². The molecule has 1 atom stereocenters. The van der Waals surface area contributed by atoms with Crippen LogP contribution in [0.1, 0.15) is 30.0 Å². The Morgan fingerprint density at radius 3 is 2.72 bits per heavy atom. The highest BCUT2D eigenvalue weighted by Gasteiger charge is 2.30. The van der Waals surface area contributed by atoms with Gasteiger partial charge in [-0.2, -0.15) is 13.2 Å². The summed E-state index contributed by atoms with van der Waals surface area (Å²) in [5.74, 6) is 0.425. The normalized spacial score (nSPS) is 19.8. The first-order chi connectivity index (χ1) is 13.7. The molecule has 0 spiro atoms. The first-order valence-corrected chi connectivity index (χ1v) is 9.89. The van der Waals surface area contributed by atoms with E-state index in [9.17, 15) is 18.0 Å². The molecule has 0 aliphatic carbocycles. The number of hydrogen-bond acceptors (Lipinski definition) is 4. The van der Waals surface area contributed by atoms with Crippen LogP contribution in [0.5, 0.6) is 0 Å². The van der Waals surface area contributed by atoms with Crippen molar-refractivity contribution in [3.8, 4) is 0 Å². The second kappa shape index (κ2) is 8.32. The van der Waals surface area contributed by atoms with Gasteiger partial charge < -0.3 is 11.1 Å². The zero-order chi connectivity index (χ0) is 21.1. The Hall–Kier alpha value is -2.74. The zero-order valence-electron chi connectivity index (χ0n) is 15.7. The molecule has 4 nitrogen and oxygen atoms in total. The van der Waals surface area contributed by atoms with Crippen molar-refractivity contribution in [3.63, 3.8) is 0 Å². The molecule has 0 saturated heterocycles. The van der Waals surface area contributed by atoms with Gasteiger partial charge in [0.05, 0.1) is 11.1 Å². The van der Waals surface area contributed by atoms with Gasteiger partial charge >= 0.3 is 6.18 Å². The predicted octanol–water partition coefficient (Wildman–Crippen LogP) is 5.02. The number of anilines is 1. The molecule has 1 aliphatic rings. The maximum absolute atomic E-state index is 12.8. The number of amidine groups is 1. The average Bonchev–Trinajstić information content (AvgIpc) is 2.66. The quantitative estimate of drug-likeness (QED) is 0.684. The number of alkyl halides is 3. The number of thioether (sulfide) groups is 1. The number of nitrogens with one attached hydrogen (secondary N) is 1. The molecule has 2 aromatic rings. The number of nitrogens with zero attached hydrogens (tertiary/aromatic N) is 1. The Labute approximate surface area is 171 Å². The molecule has 1 unspecified atom stereocenters. The van der Waals surface area contributed by atoms with Crippen LogP contribution in [-0.4, -0.2) is 16.8 Å². The number of halogens is 3. The molecule has 2 aromatic carbocycles. The number of rotatable bonds is 4. The summed E-state index contributed by atoms with van der Waals surface area (Å²) in [5, 5.41) is 3.27. The fourth-order valence-corrected chi connectivity index (χ4v) is 3.98. The number of amides is 1. The second-order valence-corrected chi connectivity index (χ2v) is 7.96. The Bertz CT molecular complexity index is 972. The topological polar surface area (TPSA) is 67.5 Å². The lowest BCUT2D eigenvalue weighted by Gasteiger charge is -2.30. The number of benzene rings is 2. The molecular weight excluding hydrogens is 399 g/mol. The SMILES string of the molecule is CC1(c2cccc(NC(=O)/C=C/c3cccc(C(F)(F)F)c3)c2)CCSC(N)=N1. The lowest BCUT2D eigenvalue weighted by molar-refractivity contribution is -0.137. The van der Waals surface area contributed by atoms with Crippen LogP contribution >= 0.6 is 11.8 Å². The van der Waals surface area contributed by atoms with E-state index < -0.39 is 23.2 Å². The summed E-state index contributed by atoms with van der Waals surface area (Å²) in [4.78, 5) is 16.8. The maximum atomic E-state index is 12.8. The van der Waals surface area contributed by atoms with E-state index >= 15 is 0 Å². The van der Waals surface area contributed by atoms with E-state index in [0.29, 0.717) is 16.4 Å². The summed E-state index contributed by atoms with van der Waals surface area (Å²) in [6.07, 6.45) is -1.05. The minimum atomic E-state index is -4.42. The van der Waals surface area contributed by atoms with E-state index in [1.807, 2.05) is 25.1 Å². The summed E-state index contributed by atoms with van der Waals surface area (Å²) in [7, 11) is 0. The second-order valence-electron chi connectivity index (χ2n) is 6.85. The van der Waals surface area contributed by atoms with Gasteiger partial charge in [-0.3, -0.25) is 9.79 Å². The molecule has 29 heavy (non-hydrogen) atoms. The minimum Gasteiger partial charge on any atom is -0.379 e.